The van der Waals surface area contributed by atoms with Crippen LogP contribution in [-0.2, 0) is 13.6 Å². The van der Waals surface area contributed by atoms with Crippen molar-refractivity contribution in [2.75, 3.05) is 10.2 Å². The number of hydrogen-bond donors (Lipinski definition) is 3. The van der Waals surface area contributed by atoms with Gasteiger partial charge in [-0.2, -0.15) is 10.4 Å². The highest BCUT2D eigenvalue weighted by Gasteiger charge is 2.31. The summed E-state index contributed by atoms with van der Waals surface area (Å²) in [5.41, 5.74) is 10.1. The molecule has 0 aliphatic heterocycles. The van der Waals surface area contributed by atoms with E-state index in [1.54, 1.807) is 46.2 Å². The van der Waals surface area contributed by atoms with Gasteiger partial charge in [0.15, 0.2) is 0 Å². The third-order valence-electron chi connectivity index (χ3n) is 8.29. The zero-order chi connectivity index (χ0) is 32.8. The molecule has 1 fully saturated rings. The van der Waals surface area contributed by atoms with Crippen molar-refractivity contribution in [3.05, 3.63) is 108 Å². The number of nitriles is 1. The van der Waals surface area contributed by atoms with E-state index in [1.165, 1.54) is 6.20 Å². The standard InChI is InChI=1S/C35H34N10O2/c1-44-22-28(21-41-44)26-11-16-31(38-19-26)45(35(47)40-18-23-5-3-2-4-6-23)30-14-12-29(13-15-30)42-34-39-20-27(17-36)32(43-34)24-7-9-25(10-8-24)33(37)46/h2-11,16,19-22,29-30H,12-15,18H2,1H3,(H2,37,46)(H,40,47)(H,39,42,43). The van der Waals surface area contributed by atoms with Crippen LogP contribution in [0.2, 0.25) is 0 Å². The van der Waals surface area contributed by atoms with Crippen molar-refractivity contribution in [2.45, 2.75) is 44.3 Å². The van der Waals surface area contributed by atoms with Gasteiger partial charge in [-0.15, -0.1) is 0 Å². The van der Waals surface area contributed by atoms with Crippen LogP contribution >= 0.6 is 0 Å². The quantitative estimate of drug-likeness (QED) is 0.204. The highest BCUT2D eigenvalue weighted by Crippen LogP contribution is 2.30. The van der Waals surface area contributed by atoms with Crippen molar-refractivity contribution in [2.24, 2.45) is 12.8 Å². The molecule has 236 valence electrons. The molecule has 0 radical (unpaired) electrons. The van der Waals surface area contributed by atoms with Gasteiger partial charge in [0, 0.05) is 60.3 Å². The van der Waals surface area contributed by atoms with E-state index < -0.39 is 5.91 Å². The molecule has 6 rings (SSSR count). The van der Waals surface area contributed by atoms with Crippen LogP contribution < -0.4 is 21.3 Å². The maximum absolute atomic E-state index is 13.7. The van der Waals surface area contributed by atoms with Gasteiger partial charge in [-0.25, -0.2) is 19.7 Å². The molecule has 1 aliphatic rings. The van der Waals surface area contributed by atoms with Gasteiger partial charge in [0.2, 0.25) is 11.9 Å². The minimum absolute atomic E-state index is 0.0678. The zero-order valence-electron chi connectivity index (χ0n) is 25.9. The van der Waals surface area contributed by atoms with Crippen molar-refractivity contribution < 1.29 is 9.59 Å². The largest absolute Gasteiger partial charge is 0.366 e. The Morgan fingerprint density at radius 3 is 2.32 bits per heavy atom. The first-order valence-corrected chi connectivity index (χ1v) is 15.4. The average Bonchev–Trinajstić information content (AvgIpc) is 3.55. The highest BCUT2D eigenvalue weighted by molar-refractivity contribution is 5.93. The van der Waals surface area contributed by atoms with Crippen molar-refractivity contribution in [3.63, 3.8) is 0 Å². The maximum atomic E-state index is 13.7. The fraction of sp³-hybridized carbons (Fsp3) is 0.229. The molecule has 12 nitrogen and oxygen atoms in total. The number of anilines is 2. The van der Waals surface area contributed by atoms with E-state index in [2.05, 4.69) is 31.8 Å². The van der Waals surface area contributed by atoms with Gasteiger partial charge in [0.25, 0.3) is 0 Å². The Hall–Kier alpha value is -6.09. The molecule has 3 amide bonds. The summed E-state index contributed by atoms with van der Waals surface area (Å²) < 4.78 is 1.74. The number of nitrogens with zero attached hydrogens (tertiary/aromatic N) is 7. The van der Waals surface area contributed by atoms with Crippen LogP contribution in [0.4, 0.5) is 16.6 Å². The van der Waals surface area contributed by atoms with Crippen LogP contribution in [0, 0.1) is 11.3 Å². The number of amides is 3. The molecule has 3 aromatic heterocycles. The van der Waals surface area contributed by atoms with E-state index in [-0.39, 0.29) is 18.1 Å². The smallest absolute Gasteiger partial charge is 0.323 e. The molecule has 4 N–H and O–H groups in total. The molecule has 0 bridgehead atoms. The van der Waals surface area contributed by atoms with Crippen LogP contribution in [-0.4, -0.2) is 48.8 Å². The fourth-order valence-electron chi connectivity index (χ4n) is 5.79. The number of rotatable bonds is 9. The SMILES string of the molecule is Cn1cc(-c2ccc(N(C(=O)NCc3ccccc3)C3CCC(Nc4ncc(C#N)c(-c5ccc(C(N)=O)cc5)n4)CC3)nc2)cn1. The summed E-state index contributed by atoms with van der Waals surface area (Å²) in [5, 5.41) is 20.4. The molecule has 0 atom stereocenters. The van der Waals surface area contributed by atoms with E-state index >= 15 is 0 Å². The van der Waals surface area contributed by atoms with Crippen LogP contribution in [0.1, 0.15) is 47.2 Å². The third-order valence-corrected chi connectivity index (χ3v) is 8.29. The molecule has 12 heteroatoms. The second-order valence-corrected chi connectivity index (χ2v) is 11.5. The van der Waals surface area contributed by atoms with E-state index in [0.717, 1.165) is 42.4 Å². The minimum atomic E-state index is -0.525. The number of aryl methyl sites for hydroxylation is 1. The summed E-state index contributed by atoms with van der Waals surface area (Å²) in [4.78, 5) is 40.7. The van der Waals surface area contributed by atoms with Gasteiger partial charge in [-0.05, 0) is 55.5 Å². The number of aromatic nitrogens is 5. The number of pyridine rings is 1. The lowest BCUT2D eigenvalue weighted by Crippen LogP contribution is -2.49. The van der Waals surface area contributed by atoms with Crippen molar-refractivity contribution >= 4 is 23.7 Å². The average molecular weight is 627 g/mol. The third kappa shape index (κ3) is 7.26. The summed E-state index contributed by atoms with van der Waals surface area (Å²) in [5.74, 6) is 0.469. The Morgan fingerprint density at radius 2 is 1.68 bits per heavy atom. The first-order chi connectivity index (χ1) is 22.9. The van der Waals surface area contributed by atoms with E-state index in [0.29, 0.717) is 40.7 Å². The maximum Gasteiger partial charge on any atom is 0.323 e. The Kier molecular flexibility index (Phi) is 9.15. The second kappa shape index (κ2) is 13.9. The molecule has 1 aliphatic carbocycles. The van der Waals surface area contributed by atoms with Gasteiger partial charge < -0.3 is 16.4 Å². The van der Waals surface area contributed by atoms with Gasteiger partial charge in [-0.1, -0.05) is 42.5 Å². The topological polar surface area (TPSA) is 168 Å². The summed E-state index contributed by atoms with van der Waals surface area (Å²) in [6.07, 6.45) is 10.0. The molecule has 47 heavy (non-hydrogen) atoms. The second-order valence-electron chi connectivity index (χ2n) is 11.5. The lowest BCUT2D eigenvalue weighted by molar-refractivity contribution is 0.1000. The predicted molar refractivity (Wildman–Crippen MR) is 178 cm³/mol. The normalized spacial score (nSPS) is 15.7. The van der Waals surface area contributed by atoms with Crippen LogP contribution in [0.25, 0.3) is 22.4 Å². The molecule has 0 spiro atoms. The zero-order valence-corrected chi connectivity index (χ0v) is 25.9. The molecule has 5 aromatic rings. The number of hydrogen-bond acceptors (Lipinski definition) is 8. The number of nitrogens with one attached hydrogen (secondary N) is 2. The predicted octanol–water partition coefficient (Wildman–Crippen LogP) is 5.05. The number of carbonyl (C=O) groups is 2. The number of urea groups is 1. The minimum Gasteiger partial charge on any atom is -0.366 e. The molecule has 0 unspecified atom stereocenters. The lowest BCUT2D eigenvalue weighted by Gasteiger charge is -2.36. The molecular formula is C35H34N10O2. The van der Waals surface area contributed by atoms with Crippen LogP contribution in [0.5, 0.6) is 0 Å². The Balaban J connectivity index is 1.16. The summed E-state index contributed by atoms with van der Waals surface area (Å²) in [6.45, 7) is 0.407. The van der Waals surface area contributed by atoms with E-state index in [1.807, 2.05) is 55.7 Å². The van der Waals surface area contributed by atoms with Crippen LogP contribution in [0.3, 0.4) is 0 Å². The van der Waals surface area contributed by atoms with Crippen molar-refractivity contribution in [1.82, 2.24) is 30.0 Å². The first-order valence-electron chi connectivity index (χ1n) is 15.4. The molecule has 1 saturated carbocycles. The Morgan fingerprint density at radius 1 is 0.936 bits per heavy atom. The number of primary amides is 1. The summed E-state index contributed by atoms with van der Waals surface area (Å²) in [6, 6.07) is 22.3. The highest BCUT2D eigenvalue weighted by atomic mass is 16.2. The molecule has 2 aromatic carbocycles. The van der Waals surface area contributed by atoms with E-state index in [9.17, 15) is 14.9 Å². The van der Waals surface area contributed by atoms with Crippen molar-refractivity contribution in [3.8, 4) is 28.5 Å². The Bertz CT molecular complexity index is 1890. The summed E-state index contributed by atoms with van der Waals surface area (Å²) >= 11 is 0. The van der Waals surface area contributed by atoms with E-state index in [4.69, 9.17) is 10.7 Å². The number of nitrogens with two attached hydrogens (primary N) is 1. The van der Waals surface area contributed by atoms with Gasteiger partial charge >= 0.3 is 6.03 Å². The number of carbonyl (C=O) groups excluding carboxylic acids is 2. The first kappa shape index (κ1) is 30.9. The number of benzene rings is 2. The molecule has 3 heterocycles. The monoisotopic (exact) mass is 626 g/mol. The molecular weight excluding hydrogens is 592 g/mol. The van der Waals surface area contributed by atoms with Crippen LogP contribution in [0.15, 0.2) is 91.5 Å². The fourth-order valence-corrected chi connectivity index (χ4v) is 5.79. The summed E-state index contributed by atoms with van der Waals surface area (Å²) in [7, 11) is 1.87. The van der Waals surface area contributed by atoms with Crippen molar-refractivity contribution in [1.29, 1.82) is 5.26 Å². The molecule has 0 saturated heterocycles. The Labute approximate surface area is 272 Å². The van der Waals surface area contributed by atoms with Gasteiger partial charge in [0.05, 0.1) is 23.7 Å². The van der Waals surface area contributed by atoms with Gasteiger partial charge in [0.1, 0.15) is 11.9 Å². The lowest BCUT2D eigenvalue weighted by atomic mass is 9.90. The van der Waals surface area contributed by atoms with Gasteiger partial charge in [-0.3, -0.25) is 14.4 Å².